The fourth-order valence-corrected chi connectivity index (χ4v) is 1.32. The van der Waals surface area contributed by atoms with Crippen molar-refractivity contribution >= 4 is 17.3 Å². The average Bonchev–Trinajstić information content (AvgIpc) is 2.27. The number of nitro groups is 1. The summed E-state index contributed by atoms with van der Waals surface area (Å²) in [6.45, 7) is 1.53. The van der Waals surface area contributed by atoms with Crippen molar-refractivity contribution in [1.29, 1.82) is 0 Å². The van der Waals surface area contributed by atoms with Crippen molar-refractivity contribution in [2.24, 2.45) is 0 Å². The van der Waals surface area contributed by atoms with Gasteiger partial charge in [-0.1, -0.05) is 6.08 Å². The van der Waals surface area contributed by atoms with Crippen LogP contribution in [0.2, 0.25) is 0 Å². The van der Waals surface area contributed by atoms with Gasteiger partial charge in [0.05, 0.1) is 16.2 Å². The molecular weight excluding hydrogens is 265 g/mol. The van der Waals surface area contributed by atoms with Crippen LogP contribution >= 0.6 is 0 Å². The van der Waals surface area contributed by atoms with E-state index in [-0.39, 0.29) is 0 Å². The van der Waals surface area contributed by atoms with Crippen molar-refractivity contribution in [2.45, 2.75) is 13.1 Å². The molecule has 0 bridgehead atoms. The number of hydrogen-bond acceptors (Lipinski definition) is 3. The molecule has 0 aliphatic carbocycles. The predicted molar refractivity (Wildman–Crippen MR) is 61.5 cm³/mol. The number of anilines is 1. The van der Waals surface area contributed by atoms with E-state index in [9.17, 15) is 28.1 Å². The largest absolute Gasteiger partial charge is 0.418 e. The fraction of sp³-hybridized carbons (Fsp3) is 0.182. The highest BCUT2D eigenvalue weighted by atomic mass is 19.4. The lowest BCUT2D eigenvalue weighted by Gasteiger charge is -2.12. The van der Waals surface area contributed by atoms with Crippen molar-refractivity contribution in [3.8, 4) is 0 Å². The molecule has 102 valence electrons. The number of hydrogen-bond donors (Lipinski definition) is 1. The zero-order valence-electron chi connectivity index (χ0n) is 9.69. The Hall–Kier alpha value is -2.38. The third kappa shape index (κ3) is 3.80. The zero-order chi connectivity index (χ0) is 14.6. The van der Waals surface area contributed by atoms with E-state index < -0.39 is 33.9 Å². The SMILES string of the molecule is CC=CC(=O)Nc1ccc([N+](=O)[O-])cc1C(F)(F)F. The number of amides is 1. The minimum absolute atomic E-state index is 0.380. The number of nitrogens with one attached hydrogen (secondary N) is 1. The lowest BCUT2D eigenvalue weighted by Crippen LogP contribution is -2.15. The summed E-state index contributed by atoms with van der Waals surface area (Å²) in [5.41, 5.74) is -2.49. The van der Waals surface area contributed by atoms with Gasteiger partial charge in [-0.25, -0.2) is 0 Å². The van der Waals surface area contributed by atoms with Crippen LogP contribution in [0.25, 0.3) is 0 Å². The number of halogens is 3. The summed E-state index contributed by atoms with van der Waals surface area (Å²) in [7, 11) is 0. The number of allylic oxidation sites excluding steroid dienone is 1. The average molecular weight is 274 g/mol. The molecule has 0 saturated carbocycles. The normalized spacial score (nSPS) is 11.6. The first-order valence-electron chi connectivity index (χ1n) is 5.05. The highest BCUT2D eigenvalue weighted by molar-refractivity contribution is 5.99. The Balaban J connectivity index is 3.24. The van der Waals surface area contributed by atoms with Crippen molar-refractivity contribution < 1.29 is 22.9 Å². The van der Waals surface area contributed by atoms with Crippen molar-refractivity contribution in [3.63, 3.8) is 0 Å². The van der Waals surface area contributed by atoms with E-state index in [2.05, 4.69) is 0 Å². The van der Waals surface area contributed by atoms with Gasteiger partial charge in [0, 0.05) is 12.1 Å². The first-order chi connectivity index (χ1) is 8.75. The maximum Gasteiger partial charge on any atom is 0.418 e. The molecule has 0 saturated heterocycles. The Bertz CT molecular complexity index is 538. The van der Waals surface area contributed by atoms with Crippen LogP contribution in [0, 0.1) is 10.1 Å². The molecule has 5 nitrogen and oxygen atoms in total. The Labute approximate surface area is 105 Å². The smallest absolute Gasteiger partial charge is 0.322 e. The monoisotopic (exact) mass is 274 g/mol. The molecule has 8 heteroatoms. The van der Waals surface area contributed by atoms with Crippen molar-refractivity contribution in [1.82, 2.24) is 0 Å². The molecule has 1 amide bonds. The summed E-state index contributed by atoms with van der Waals surface area (Å²) >= 11 is 0. The highest BCUT2D eigenvalue weighted by Gasteiger charge is 2.35. The quantitative estimate of drug-likeness (QED) is 0.523. The van der Waals surface area contributed by atoms with Gasteiger partial charge in [0.2, 0.25) is 5.91 Å². The van der Waals surface area contributed by atoms with Crippen LogP contribution < -0.4 is 5.32 Å². The lowest BCUT2D eigenvalue weighted by molar-refractivity contribution is -0.385. The van der Waals surface area contributed by atoms with Crippen LogP contribution in [0.4, 0.5) is 24.5 Å². The highest BCUT2D eigenvalue weighted by Crippen LogP contribution is 2.37. The third-order valence-corrected chi connectivity index (χ3v) is 2.10. The molecule has 1 aromatic rings. The summed E-state index contributed by atoms with van der Waals surface area (Å²) in [6, 6.07) is 2.12. The van der Waals surface area contributed by atoms with E-state index >= 15 is 0 Å². The van der Waals surface area contributed by atoms with Crippen LogP contribution in [-0.4, -0.2) is 10.8 Å². The molecular formula is C11H9F3N2O3. The summed E-state index contributed by atoms with van der Waals surface area (Å²) in [6.07, 6.45) is -2.40. The molecule has 0 atom stereocenters. The second-order valence-corrected chi connectivity index (χ2v) is 3.47. The number of benzene rings is 1. The first-order valence-corrected chi connectivity index (χ1v) is 5.05. The summed E-state index contributed by atoms with van der Waals surface area (Å²) in [4.78, 5) is 20.7. The van der Waals surface area contributed by atoms with Gasteiger partial charge in [-0.2, -0.15) is 13.2 Å². The van der Waals surface area contributed by atoms with E-state index in [1.165, 1.54) is 13.0 Å². The van der Waals surface area contributed by atoms with Gasteiger partial charge in [-0.05, 0) is 19.1 Å². The van der Waals surface area contributed by atoms with Crippen LogP contribution in [0.5, 0.6) is 0 Å². The van der Waals surface area contributed by atoms with Gasteiger partial charge in [-0.15, -0.1) is 0 Å². The second kappa shape index (κ2) is 5.51. The number of rotatable bonds is 3. The minimum Gasteiger partial charge on any atom is -0.322 e. The number of non-ortho nitro benzene ring substituents is 1. The van der Waals surface area contributed by atoms with Crippen molar-refractivity contribution in [3.05, 3.63) is 46.0 Å². The molecule has 0 fully saturated rings. The molecule has 0 aromatic heterocycles. The van der Waals surface area contributed by atoms with Crippen LogP contribution in [0.3, 0.4) is 0 Å². The molecule has 0 aliphatic rings. The number of alkyl halides is 3. The van der Waals surface area contributed by atoms with Crippen LogP contribution in [0.1, 0.15) is 12.5 Å². The van der Waals surface area contributed by atoms with E-state index in [1.54, 1.807) is 0 Å². The molecule has 0 aliphatic heterocycles. The van der Waals surface area contributed by atoms with E-state index in [4.69, 9.17) is 0 Å². The summed E-state index contributed by atoms with van der Waals surface area (Å²) in [5, 5.41) is 12.5. The van der Waals surface area contributed by atoms with E-state index in [0.717, 1.165) is 18.2 Å². The molecule has 1 N–H and O–H groups in total. The molecule has 19 heavy (non-hydrogen) atoms. The lowest BCUT2D eigenvalue weighted by atomic mass is 10.1. The maximum atomic E-state index is 12.7. The van der Waals surface area contributed by atoms with Gasteiger partial charge < -0.3 is 5.32 Å². The molecule has 1 aromatic carbocycles. The standard InChI is InChI=1S/C11H9F3N2O3/c1-2-3-10(17)15-9-5-4-7(16(18)19)6-8(9)11(12,13)14/h2-6H,1H3,(H,15,17). The molecule has 0 heterocycles. The summed E-state index contributed by atoms with van der Waals surface area (Å²) < 4.78 is 38.2. The van der Waals surface area contributed by atoms with Gasteiger partial charge in [-0.3, -0.25) is 14.9 Å². The topological polar surface area (TPSA) is 72.2 Å². The number of nitro benzene ring substituents is 1. The molecule has 0 radical (unpaired) electrons. The van der Waals surface area contributed by atoms with Gasteiger partial charge in [0.25, 0.3) is 5.69 Å². The van der Waals surface area contributed by atoms with Crippen LogP contribution in [0.15, 0.2) is 30.4 Å². The van der Waals surface area contributed by atoms with E-state index in [0.29, 0.717) is 6.07 Å². The molecule has 0 spiro atoms. The Morgan fingerprint density at radius 3 is 2.53 bits per heavy atom. The molecule has 0 unspecified atom stereocenters. The maximum absolute atomic E-state index is 12.7. The summed E-state index contributed by atoms with van der Waals surface area (Å²) in [5.74, 6) is -0.748. The number of carbonyl (C=O) groups excluding carboxylic acids is 1. The first kappa shape index (κ1) is 14.7. The second-order valence-electron chi connectivity index (χ2n) is 3.47. The van der Waals surface area contributed by atoms with Crippen molar-refractivity contribution in [2.75, 3.05) is 5.32 Å². The zero-order valence-corrected chi connectivity index (χ0v) is 9.69. The minimum atomic E-state index is -4.80. The van der Waals surface area contributed by atoms with Gasteiger partial charge in [0.15, 0.2) is 0 Å². The Morgan fingerprint density at radius 2 is 2.05 bits per heavy atom. The number of nitrogens with zero attached hydrogens (tertiary/aromatic N) is 1. The van der Waals surface area contributed by atoms with Gasteiger partial charge in [0.1, 0.15) is 0 Å². The van der Waals surface area contributed by atoms with Crippen LogP contribution in [-0.2, 0) is 11.0 Å². The predicted octanol–water partition coefficient (Wildman–Crippen LogP) is 3.13. The molecule has 1 rings (SSSR count). The van der Waals surface area contributed by atoms with Gasteiger partial charge >= 0.3 is 6.18 Å². The van der Waals surface area contributed by atoms with E-state index in [1.807, 2.05) is 5.32 Å². The Kier molecular flexibility index (Phi) is 4.26. The third-order valence-electron chi connectivity index (χ3n) is 2.10. The number of carbonyl (C=O) groups is 1. The Morgan fingerprint density at radius 1 is 1.42 bits per heavy atom. The fourth-order valence-electron chi connectivity index (χ4n) is 1.32.